The first kappa shape index (κ1) is 12.5. The maximum atomic E-state index is 11.7. The Morgan fingerprint density at radius 3 is 2.90 bits per heavy atom. The molecule has 1 aromatic carbocycles. The number of benzene rings is 1. The van der Waals surface area contributed by atoms with Gasteiger partial charge in [0, 0.05) is 11.6 Å². The number of rotatable bonds is 3. The highest BCUT2D eigenvalue weighted by Crippen LogP contribution is 2.35. The molecule has 0 atom stereocenters. The average molecular weight is 275 g/mol. The van der Waals surface area contributed by atoms with Crippen molar-refractivity contribution in [3.05, 3.63) is 24.1 Å². The molecule has 3 rings (SSSR count). The summed E-state index contributed by atoms with van der Waals surface area (Å²) in [5.74, 6) is 1.18. The summed E-state index contributed by atoms with van der Waals surface area (Å²) >= 11 is 0. The van der Waals surface area contributed by atoms with E-state index in [-0.39, 0.29) is 24.6 Å². The van der Waals surface area contributed by atoms with E-state index < -0.39 is 0 Å². The SMILES string of the molecule is CC(C)NC(=O)c1nc(-c2ccc3c(c2)OCO3)no1. The molecule has 0 spiro atoms. The van der Waals surface area contributed by atoms with Crippen LogP contribution < -0.4 is 14.8 Å². The highest BCUT2D eigenvalue weighted by molar-refractivity contribution is 5.90. The van der Waals surface area contributed by atoms with Gasteiger partial charge >= 0.3 is 11.8 Å². The van der Waals surface area contributed by atoms with Crippen molar-refractivity contribution in [2.24, 2.45) is 0 Å². The minimum Gasteiger partial charge on any atom is -0.454 e. The summed E-state index contributed by atoms with van der Waals surface area (Å²) in [4.78, 5) is 15.8. The van der Waals surface area contributed by atoms with E-state index in [0.29, 0.717) is 22.9 Å². The highest BCUT2D eigenvalue weighted by atomic mass is 16.7. The second kappa shape index (κ2) is 4.84. The van der Waals surface area contributed by atoms with Gasteiger partial charge in [0.1, 0.15) is 0 Å². The van der Waals surface area contributed by atoms with Gasteiger partial charge in [-0.25, -0.2) is 0 Å². The number of nitrogens with one attached hydrogen (secondary N) is 1. The number of nitrogens with zero attached hydrogens (tertiary/aromatic N) is 2. The molecule has 2 aromatic rings. The van der Waals surface area contributed by atoms with Crippen molar-refractivity contribution in [3.8, 4) is 22.9 Å². The van der Waals surface area contributed by atoms with Crippen molar-refractivity contribution in [2.45, 2.75) is 19.9 Å². The molecule has 0 radical (unpaired) electrons. The summed E-state index contributed by atoms with van der Waals surface area (Å²) < 4.78 is 15.5. The molecule has 1 aliphatic heterocycles. The third-order valence-corrected chi connectivity index (χ3v) is 2.67. The molecule has 0 unspecified atom stereocenters. The normalized spacial score (nSPS) is 12.8. The fourth-order valence-electron chi connectivity index (χ4n) is 1.79. The Bertz CT molecular complexity index is 651. The molecular formula is C13H13N3O4. The van der Waals surface area contributed by atoms with E-state index in [4.69, 9.17) is 14.0 Å². The molecule has 0 aliphatic carbocycles. The molecule has 7 nitrogen and oxygen atoms in total. The van der Waals surface area contributed by atoms with Gasteiger partial charge in [0.25, 0.3) is 0 Å². The summed E-state index contributed by atoms with van der Waals surface area (Å²) in [5.41, 5.74) is 0.696. The molecule has 1 aliphatic rings. The van der Waals surface area contributed by atoms with Gasteiger partial charge in [0.2, 0.25) is 12.6 Å². The Labute approximate surface area is 114 Å². The lowest BCUT2D eigenvalue weighted by Crippen LogP contribution is -2.30. The number of hydrogen-bond donors (Lipinski definition) is 1. The molecule has 1 amide bonds. The van der Waals surface area contributed by atoms with Crippen LogP contribution in [-0.2, 0) is 0 Å². The Morgan fingerprint density at radius 2 is 2.10 bits per heavy atom. The Balaban J connectivity index is 1.85. The molecule has 0 saturated heterocycles. The molecule has 2 heterocycles. The summed E-state index contributed by atoms with van der Waals surface area (Å²) in [6.45, 7) is 3.91. The first-order valence-corrected chi connectivity index (χ1v) is 6.18. The number of carbonyl (C=O) groups excluding carboxylic acids is 1. The quantitative estimate of drug-likeness (QED) is 0.915. The predicted molar refractivity (Wildman–Crippen MR) is 68.5 cm³/mol. The average Bonchev–Trinajstić information content (AvgIpc) is 3.06. The third kappa shape index (κ3) is 2.29. The van der Waals surface area contributed by atoms with Gasteiger partial charge in [0.15, 0.2) is 11.5 Å². The first-order chi connectivity index (χ1) is 9.63. The lowest BCUT2D eigenvalue weighted by Gasteiger charge is -2.03. The molecule has 0 saturated carbocycles. The van der Waals surface area contributed by atoms with Crippen molar-refractivity contribution in [1.82, 2.24) is 15.5 Å². The smallest absolute Gasteiger partial charge is 0.316 e. The summed E-state index contributed by atoms with van der Waals surface area (Å²) in [5, 5.41) is 6.48. The standard InChI is InChI=1S/C13H13N3O4/c1-7(2)14-12(17)13-15-11(16-20-13)8-3-4-9-10(5-8)19-6-18-9/h3-5,7H,6H2,1-2H3,(H,14,17). The van der Waals surface area contributed by atoms with Crippen LogP contribution in [0.1, 0.15) is 24.5 Å². The second-order valence-electron chi connectivity index (χ2n) is 4.62. The van der Waals surface area contributed by atoms with E-state index in [0.717, 1.165) is 0 Å². The summed E-state index contributed by atoms with van der Waals surface area (Å²) in [7, 11) is 0. The minimum absolute atomic E-state index is 0.00314. The van der Waals surface area contributed by atoms with E-state index in [2.05, 4.69) is 15.5 Å². The van der Waals surface area contributed by atoms with E-state index in [9.17, 15) is 4.79 Å². The minimum atomic E-state index is -0.389. The van der Waals surface area contributed by atoms with Gasteiger partial charge < -0.3 is 19.3 Å². The van der Waals surface area contributed by atoms with Crippen LogP contribution in [0.3, 0.4) is 0 Å². The lowest BCUT2D eigenvalue weighted by atomic mass is 10.2. The van der Waals surface area contributed by atoms with Gasteiger partial charge in [-0.2, -0.15) is 4.98 Å². The molecule has 1 N–H and O–H groups in total. The number of carbonyl (C=O) groups is 1. The van der Waals surface area contributed by atoms with Crippen LogP contribution in [0.25, 0.3) is 11.4 Å². The Kier molecular flexibility index (Phi) is 3.02. The fraction of sp³-hybridized carbons (Fsp3) is 0.308. The molecule has 0 fully saturated rings. The van der Waals surface area contributed by atoms with Crippen LogP contribution in [0.5, 0.6) is 11.5 Å². The highest BCUT2D eigenvalue weighted by Gasteiger charge is 2.19. The number of aromatic nitrogens is 2. The zero-order valence-electron chi connectivity index (χ0n) is 11.0. The Hall–Kier alpha value is -2.57. The molecule has 0 bridgehead atoms. The van der Waals surface area contributed by atoms with Crippen LogP contribution in [0, 0.1) is 0 Å². The van der Waals surface area contributed by atoms with Gasteiger partial charge in [0.05, 0.1) is 0 Å². The molecule has 20 heavy (non-hydrogen) atoms. The van der Waals surface area contributed by atoms with E-state index in [1.165, 1.54) is 0 Å². The van der Waals surface area contributed by atoms with Crippen molar-refractivity contribution < 1.29 is 18.8 Å². The van der Waals surface area contributed by atoms with Gasteiger partial charge in [-0.05, 0) is 32.0 Å². The van der Waals surface area contributed by atoms with Gasteiger partial charge in [-0.15, -0.1) is 0 Å². The summed E-state index contributed by atoms with van der Waals surface area (Å²) in [6, 6.07) is 5.30. The van der Waals surface area contributed by atoms with Crippen LogP contribution in [0.4, 0.5) is 0 Å². The first-order valence-electron chi connectivity index (χ1n) is 6.18. The number of ether oxygens (including phenoxy) is 2. The van der Waals surface area contributed by atoms with Crippen LogP contribution in [0.2, 0.25) is 0 Å². The fourth-order valence-corrected chi connectivity index (χ4v) is 1.79. The Morgan fingerprint density at radius 1 is 1.30 bits per heavy atom. The zero-order chi connectivity index (χ0) is 14.1. The number of hydrogen-bond acceptors (Lipinski definition) is 6. The van der Waals surface area contributed by atoms with Crippen molar-refractivity contribution in [1.29, 1.82) is 0 Å². The van der Waals surface area contributed by atoms with Crippen molar-refractivity contribution in [2.75, 3.05) is 6.79 Å². The van der Waals surface area contributed by atoms with Crippen molar-refractivity contribution >= 4 is 5.91 Å². The zero-order valence-corrected chi connectivity index (χ0v) is 11.0. The third-order valence-electron chi connectivity index (χ3n) is 2.67. The second-order valence-corrected chi connectivity index (χ2v) is 4.62. The predicted octanol–water partition coefficient (Wildman–Crippen LogP) is 1.60. The van der Waals surface area contributed by atoms with E-state index in [1.54, 1.807) is 18.2 Å². The lowest BCUT2D eigenvalue weighted by molar-refractivity contribution is 0.0899. The van der Waals surface area contributed by atoms with Crippen LogP contribution in [0.15, 0.2) is 22.7 Å². The van der Waals surface area contributed by atoms with Gasteiger partial charge in [-0.3, -0.25) is 4.79 Å². The monoisotopic (exact) mass is 275 g/mol. The number of amides is 1. The van der Waals surface area contributed by atoms with Crippen LogP contribution >= 0.6 is 0 Å². The summed E-state index contributed by atoms with van der Waals surface area (Å²) in [6.07, 6.45) is 0. The topological polar surface area (TPSA) is 86.5 Å². The molecule has 104 valence electrons. The molecule has 7 heteroatoms. The largest absolute Gasteiger partial charge is 0.454 e. The maximum absolute atomic E-state index is 11.7. The van der Waals surface area contributed by atoms with Crippen LogP contribution in [-0.4, -0.2) is 28.9 Å². The van der Waals surface area contributed by atoms with Crippen molar-refractivity contribution in [3.63, 3.8) is 0 Å². The molecular weight excluding hydrogens is 262 g/mol. The maximum Gasteiger partial charge on any atom is 0.316 e. The number of fused-ring (bicyclic) bond motifs is 1. The van der Waals surface area contributed by atoms with E-state index in [1.807, 2.05) is 13.8 Å². The molecule has 1 aromatic heterocycles. The van der Waals surface area contributed by atoms with E-state index >= 15 is 0 Å². The van der Waals surface area contributed by atoms with Gasteiger partial charge in [-0.1, -0.05) is 5.16 Å².